The molecule has 2 rings (SSSR count). The second-order valence-corrected chi connectivity index (χ2v) is 9.15. The minimum atomic E-state index is -3.65. The van der Waals surface area contributed by atoms with Gasteiger partial charge in [-0.25, -0.2) is 8.42 Å². The molecule has 0 saturated heterocycles. The largest absolute Gasteiger partial charge is 0.465 e. The molecule has 0 saturated carbocycles. The van der Waals surface area contributed by atoms with E-state index in [4.69, 9.17) is 4.74 Å². The average Bonchev–Trinajstić information content (AvgIpc) is 2.69. The second-order valence-electron chi connectivity index (χ2n) is 6.12. The lowest BCUT2D eigenvalue weighted by atomic mass is 10.2. The number of carbonyl (C=O) groups excluding carboxylic acids is 2. The molecule has 0 aliphatic heterocycles. The van der Waals surface area contributed by atoms with Crippen molar-refractivity contribution in [3.8, 4) is 0 Å². The summed E-state index contributed by atoms with van der Waals surface area (Å²) in [6.07, 6.45) is 0. The van der Waals surface area contributed by atoms with Gasteiger partial charge in [-0.1, -0.05) is 30.3 Å². The molecule has 0 bridgehead atoms. The van der Waals surface area contributed by atoms with E-state index in [9.17, 15) is 18.0 Å². The monoisotopic (exact) mass is 436 g/mol. The summed E-state index contributed by atoms with van der Waals surface area (Å²) in [5, 5.41) is 2.68. The zero-order valence-corrected chi connectivity index (χ0v) is 18.0. The first-order chi connectivity index (χ1) is 13.8. The van der Waals surface area contributed by atoms with Crippen LogP contribution >= 0.6 is 11.8 Å². The fourth-order valence-corrected chi connectivity index (χ4v) is 4.21. The van der Waals surface area contributed by atoms with Crippen molar-refractivity contribution in [2.24, 2.45) is 0 Å². The van der Waals surface area contributed by atoms with Crippen LogP contribution in [0.25, 0.3) is 0 Å². The van der Waals surface area contributed by atoms with Gasteiger partial charge in [0.1, 0.15) is 0 Å². The normalized spacial score (nSPS) is 11.3. The Balaban J connectivity index is 1.91. The Morgan fingerprint density at radius 3 is 2.31 bits per heavy atom. The van der Waals surface area contributed by atoms with Crippen LogP contribution in [-0.4, -0.2) is 49.8 Å². The van der Waals surface area contributed by atoms with Crippen LogP contribution < -0.4 is 5.32 Å². The lowest BCUT2D eigenvalue weighted by Crippen LogP contribution is -2.26. The van der Waals surface area contributed by atoms with Gasteiger partial charge in [-0.2, -0.15) is 4.31 Å². The van der Waals surface area contributed by atoms with E-state index in [0.717, 1.165) is 17.3 Å². The summed E-state index contributed by atoms with van der Waals surface area (Å²) < 4.78 is 31.5. The molecule has 7 nitrogen and oxygen atoms in total. The smallest absolute Gasteiger partial charge is 0.315 e. The van der Waals surface area contributed by atoms with E-state index < -0.39 is 10.0 Å². The second kappa shape index (κ2) is 11.0. The van der Waals surface area contributed by atoms with Gasteiger partial charge in [0.15, 0.2) is 0 Å². The third kappa shape index (κ3) is 7.19. The maximum absolute atomic E-state index is 12.7. The highest BCUT2D eigenvalue weighted by Gasteiger charge is 2.20. The summed E-state index contributed by atoms with van der Waals surface area (Å²) in [5.74, 6) is -0.444. The average molecular weight is 437 g/mol. The Morgan fingerprint density at radius 2 is 1.69 bits per heavy atom. The SMILES string of the molecule is CCOC(=O)CSCC(=O)Nc1ccc(S(=O)(=O)N(C)Cc2ccccc2)cc1. The van der Waals surface area contributed by atoms with Crippen LogP contribution in [0, 0.1) is 0 Å². The summed E-state index contributed by atoms with van der Waals surface area (Å²) in [5.41, 5.74) is 1.37. The zero-order chi connectivity index (χ0) is 21.3. The highest BCUT2D eigenvalue weighted by Crippen LogP contribution is 2.19. The zero-order valence-electron chi connectivity index (χ0n) is 16.3. The Labute approximate surface area is 175 Å². The number of nitrogens with zero attached hydrogens (tertiary/aromatic N) is 1. The van der Waals surface area contributed by atoms with Crippen molar-refractivity contribution in [2.75, 3.05) is 30.5 Å². The Hall–Kier alpha value is -2.36. The van der Waals surface area contributed by atoms with Crippen LogP contribution in [-0.2, 0) is 30.9 Å². The number of anilines is 1. The molecule has 0 unspecified atom stereocenters. The van der Waals surface area contributed by atoms with Crippen LogP contribution in [0.4, 0.5) is 5.69 Å². The third-order valence-corrected chi connectivity index (χ3v) is 6.58. The maximum Gasteiger partial charge on any atom is 0.315 e. The minimum absolute atomic E-state index is 0.0959. The number of thioether (sulfide) groups is 1. The highest BCUT2D eigenvalue weighted by atomic mass is 32.2. The van der Waals surface area contributed by atoms with Crippen LogP contribution in [0.15, 0.2) is 59.5 Å². The van der Waals surface area contributed by atoms with E-state index in [1.807, 2.05) is 30.3 Å². The van der Waals surface area contributed by atoms with Gasteiger partial charge in [-0.05, 0) is 36.8 Å². The molecule has 0 heterocycles. The van der Waals surface area contributed by atoms with Crippen LogP contribution in [0.1, 0.15) is 12.5 Å². The van der Waals surface area contributed by atoms with Gasteiger partial charge >= 0.3 is 5.97 Å². The molecule has 1 N–H and O–H groups in total. The van der Waals surface area contributed by atoms with Crippen molar-refractivity contribution in [2.45, 2.75) is 18.4 Å². The molecule has 0 aromatic heterocycles. The van der Waals surface area contributed by atoms with Crippen LogP contribution in [0.3, 0.4) is 0 Å². The van der Waals surface area contributed by atoms with Crippen LogP contribution in [0.2, 0.25) is 0 Å². The van der Waals surface area contributed by atoms with E-state index in [-0.39, 0.29) is 34.8 Å². The fourth-order valence-electron chi connectivity index (χ4n) is 2.44. The molecule has 0 radical (unpaired) electrons. The van der Waals surface area contributed by atoms with Gasteiger partial charge in [-0.15, -0.1) is 11.8 Å². The Bertz CT molecular complexity index is 916. The summed E-state index contributed by atoms with van der Waals surface area (Å²) in [6, 6.07) is 15.3. The van der Waals surface area contributed by atoms with Crippen molar-refractivity contribution >= 4 is 39.3 Å². The van der Waals surface area contributed by atoms with E-state index >= 15 is 0 Å². The van der Waals surface area contributed by atoms with Gasteiger partial charge in [0.25, 0.3) is 0 Å². The van der Waals surface area contributed by atoms with Crippen molar-refractivity contribution < 1.29 is 22.7 Å². The molecule has 156 valence electrons. The van der Waals surface area contributed by atoms with Gasteiger partial charge in [0, 0.05) is 19.3 Å². The van der Waals surface area contributed by atoms with E-state index in [2.05, 4.69) is 5.32 Å². The molecule has 9 heteroatoms. The highest BCUT2D eigenvalue weighted by molar-refractivity contribution is 8.00. The first kappa shape index (κ1) is 22.9. The third-order valence-electron chi connectivity index (χ3n) is 3.85. The first-order valence-corrected chi connectivity index (χ1v) is 11.6. The Morgan fingerprint density at radius 1 is 1.03 bits per heavy atom. The fraction of sp³-hybridized carbons (Fsp3) is 0.300. The molecular weight excluding hydrogens is 412 g/mol. The van der Waals surface area contributed by atoms with Gasteiger partial charge in [0.05, 0.1) is 23.0 Å². The predicted molar refractivity (Wildman–Crippen MR) is 114 cm³/mol. The summed E-state index contributed by atoms with van der Waals surface area (Å²) >= 11 is 1.15. The molecular formula is C20H24N2O5S2. The van der Waals surface area contributed by atoms with Crippen LogP contribution in [0.5, 0.6) is 0 Å². The number of ether oxygens (including phenoxy) is 1. The number of benzene rings is 2. The standard InChI is InChI=1S/C20H24N2O5S2/c1-3-27-20(24)15-28-14-19(23)21-17-9-11-18(12-10-17)29(25,26)22(2)13-16-7-5-4-6-8-16/h4-12H,3,13-15H2,1-2H3,(H,21,23). The Kier molecular flexibility index (Phi) is 8.69. The number of esters is 1. The molecule has 0 atom stereocenters. The molecule has 29 heavy (non-hydrogen) atoms. The first-order valence-electron chi connectivity index (χ1n) is 8.96. The van der Waals surface area contributed by atoms with Crippen molar-refractivity contribution in [3.05, 3.63) is 60.2 Å². The number of rotatable bonds is 10. The summed E-state index contributed by atoms with van der Waals surface area (Å²) in [6.45, 7) is 2.29. The van der Waals surface area contributed by atoms with Crippen molar-refractivity contribution in [3.63, 3.8) is 0 Å². The van der Waals surface area contributed by atoms with Crippen molar-refractivity contribution in [1.29, 1.82) is 0 Å². The molecule has 0 aliphatic carbocycles. The van der Waals surface area contributed by atoms with E-state index in [0.29, 0.717) is 12.3 Å². The molecule has 2 aromatic rings. The molecule has 0 aliphatic rings. The maximum atomic E-state index is 12.7. The molecule has 0 spiro atoms. The van der Waals surface area contributed by atoms with Gasteiger partial charge < -0.3 is 10.1 Å². The van der Waals surface area contributed by atoms with Gasteiger partial charge in [-0.3, -0.25) is 9.59 Å². The topological polar surface area (TPSA) is 92.8 Å². The molecule has 2 aromatic carbocycles. The van der Waals surface area contributed by atoms with Gasteiger partial charge in [0.2, 0.25) is 15.9 Å². The lowest BCUT2D eigenvalue weighted by molar-refractivity contribution is -0.139. The van der Waals surface area contributed by atoms with E-state index in [1.165, 1.54) is 35.6 Å². The van der Waals surface area contributed by atoms with Crippen molar-refractivity contribution in [1.82, 2.24) is 4.31 Å². The summed E-state index contributed by atoms with van der Waals surface area (Å²) in [4.78, 5) is 23.3. The number of carbonyl (C=O) groups is 2. The molecule has 0 fully saturated rings. The minimum Gasteiger partial charge on any atom is -0.465 e. The lowest BCUT2D eigenvalue weighted by Gasteiger charge is -2.17. The number of hydrogen-bond acceptors (Lipinski definition) is 6. The quantitative estimate of drug-likeness (QED) is 0.576. The number of amides is 1. The van der Waals surface area contributed by atoms with E-state index in [1.54, 1.807) is 6.92 Å². The number of sulfonamides is 1. The summed E-state index contributed by atoms with van der Waals surface area (Å²) in [7, 11) is -2.12. The molecule has 1 amide bonds. The number of nitrogens with one attached hydrogen (secondary N) is 1. The number of hydrogen-bond donors (Lipinski definition) is 1. The predicted octanol–water partition coefficient (Wildman–Crippen LogP) is 2.74.